The molecule has 198 valence electrons. The van der Waals surface area contributed by atoms with Crippen molar-refractivity contribution in [3.05, 3.63) is 145 Å². The highest BCUT2D eigenvalue weighted by molar-refractivity contribution is 6.19. The summed E-state index contributed by atoms with van der Waals surface area (Å²) in [7, 11) is 0. The Hall–Kier alpha value is -5.41. The number of para-hydroxylation sites is 2. The highest BCUT2D eigenvalue weighted by atomic mass is 16.2. The van der Waals surface area contributed by atoms with Gasteiger partial charge in [-0.2, -0.15) is 0 Å². The first kappa shape index (κ1) is 23.3. The summed E-state index contributed by atoms with van der Waals surface area (Å²) in [6.07, 6.45) is 0. The maximum atomic E-state index is 14.5. The fourth-order valence-corrected chi connectivity index (χ4v) is 7.28. The van der Waals surface area contributed by atoms with Crippen molar-refractivity contribution >= 4 is 33.4 Å². The summed E-state index contributed by atoms with van der Waals surface area (Å²) < 4.78 is 2.33. The minimum atomic E-state index is -0.112. The van der Waals surface area contributed by atoms with Gasteiger partial charge in [0.15, 0.2) is 0 Å². The molecule has 3 nitrogen and oxygen atoms in total. The number of fused-ring (bicyclic) bond motifs is 9. The monoisotopic (exact) mass is 538 g/mol. The van der Waals surface area contributed by atoms with E-state index in [-0.39, 0.29) is 11.9 Å². The van der Waals surface area contributed by atoms with Gasteiger partial charge in [-0.25, -0.2) is 0 Å². The molecule has 1 amide bonds. The van der Waals surface area contributed by atoms with Crippen LogP contribution in [0.25, 0.3) is 60.9 Å². The second kappa shape index (κ2) is 8.55. The third-order valence-corrected chi connectivity index (χ3v) is 9.11. The second-order valence-corrected chi connectivity index (χ2v) is 11.3. The molecule has 1 atom stereocenters. The highest BCUT2D eigenvalue weighted by Crippen LogP contribution is 2.54. The van der Waals surface area contributed by atoms with Gasteiger partial charge in [-0.3, -0.25) is 4.79 Å². The molecule has 0 spiro atoms. The van der Waals surface area contributed by atoms with Crippen molar-refractivity contribution in [3.63, 3.8) is 0 Å². The number of benzene rings is 6. The lowest BCUT2D eigenvalue weighted by molar-refractivity contribution is 0.0979. The number of nitrogens with zero attached hydrogens (tertiary/aromatic N) is 2. The number of amides is 1. The first-order chi connectivity index (χ1) is 20.7. The van der Waals surface area contributed by atoms with Crippen molar-refractivity contribution in [1.82, 2.24) is 4.57 Å². The number of aromatic nitrogens is 1. The predicted octanol–water partition coefficient (Wildman–Crippen LogP) is 9.82. The number of rotatable bonds is 2. The molecule has 3 heterocycles. The van der Waals surface area contributed by atoms with Crippen LogP contribution in [0.15, 0.2) is 133 Å². The van der Waals surface area contributed by atoms with E-state index in [0.717, 1.165) is 50.2 Å². The Morgan fingerprint density at radius 1 is 0.524 bits per heavy atom. The predicted molar refractivity (Wildman–Crippen MR) is 172 cm³/mol. The SMILES string of the molecule is C[C@@H]1c2c3cc(-c4ccccc4)cc2-c2cc4c5ccccc5n(-c5ccccc5)c4cc2N1C(=O)c1ccccc1-3. The molecule has 2 aliphatic heterocycles. The van der Waals surface area contributed by atoms with E-state index in [1.165, 1.54) is 27.5 Å². The van der Waals surface area contributed by atoms with Crippen LogP contribution in [0.2, 0.25) is 0 Å². The van der Waals surface area contributed by atoms with E-state index in [9.17, 15) is 4.79 Å². The number of carbonyl (C=O) groups is 1. The molecule has 0 fully saturated rings. The summed E-state index contributed by atoms with van der Waals surface area (Å²) in [5.74, 6) is 0.0455. The number of carbonyl (C=O) groups excluding carboxylic acids is 1. The topological polar surface area (TPSA) is 25.2 Å². The van der Waals surface area contributed by atoms with Crippen LogP contribution in [0.4, 0.5) is 5.69 Å². The van der Waals surface area contributed by atoms with Crippen LogP contribution in [-0.4, -0.2) is 10.5 Å². The van der Waals surface area contributed by atoms with E-state index in [1.807, 2.05) is 29.2 Å². The molecule has 9 rings (SSSR count). The third-order valence-electron chi connectivity index (χ3n) is 9.11. The summed E-state index contributed by atoms with van der Waals surface area (Å²) in [6.45, 7) is 2.17. The first-order valence-corrected chi connectivity index (χ1v) is 14.5. The van der Waals surface area contributed by atoms with E-state index in [2.05, 4.69) is 121 Å². The Bertz CT molecular complexity index is 2230. The molecule has 0 aliphatic carbocycles. The molecule has 2 aliphatic rings. The summed E-state index contributed by atoms with van der Waals surface area (Å²) in [5.41, 5.74) is 13.1. The van der Waals surface area contributed by atoms with E-state index >= 15 is 0 Å². The van der Waals surface area contributed by atoms with Gasteiger partial charge in [0, 0.05) is 27.6 Å². The number of hydrogen-bond donors (Lipinski definition) is 0. The summed E-state index contributed by atoms with van der Waals surface area (Å²) in [4.78, 5) is 16.5. The molecule has 0 unspecified atom stereocenters. The van der Waals surface area contributed by atoms with Gasteiger partial charge in [0.1, 0.15) is 0 Å². The minimum Gasteiger partial charge on any atom is -0.309 e. The van der Waals surface area contributed by atoms with Gasteiger partial charge < -0.3 is 9.47 Å². The van der Waals surface area contributed by atoms with Crippen LogP contribution >= 0.6 is 0 Å². The molecule has 6 aromatic carbocycles. The van der Waals surface area contributed by atoms with Crippen molar-refractivity contribution in [2.24, 2.45) is 0 Å². The van der Waals surface area contributed by atoms with Crippen molar-refractivity contribution in [1.29, 1.82) is 0 Å². The molecule has 42 heavy (non-hydrogen) atoms. The van der Waals surface area contributed by atoms with Gasteiger partial charge in [-0.1, -0.05) is 84.9 Å². The zero-order chi connectivity index (χ0) is 27.9. The average molecular weight is 539 g/mol. The van der Waals surface area contributed by atoms with Gasteiger partial charge in [0.25, 0.3) is 5.91 Å². The maximum Gasteiger partial charge on any atom is 0.259 e. The van der Waals surface area contributed by atoms with Gasteiger partial charge in [0.2, 0.25) is 0 Å². The molecular formula is C39H26N2O. The van der Waals surface area contributed by atoms with Crippen molar-refractivity contribution in [3.8, 4) is 39.1 Å². The minimum absolute atomic E-state index is 0.0455. The zero-order valence-electron chi connectivity index (χ0n) is 23.1. The molecule has 3 heteroatoms. The van der Waals surface area contributed by atoms with E-state index < -0.39 is 0 Å². The second-order valence-electron chi connectivity index (χ2n) is 11.3. The Morgan fingerprint density at radius 2 is 1.17 bits per heavy atom. The highest BCUT2D eigenvalue weighted by Gasteiger charge is 2.39. The van der Waals surface area contributed by atoms with Crippen LogP contribution in [0.3, 0.4) is 0 Å². The quantitative estimate of drug-likeness (QED) is 0.215. The van der Waals surface area contributed by atoms with Crippen molar-refractivity contribution < 1.29 is 4.79 Å². The molecule has 0 N–H and O–H groups in total. The average Bonchev–Trinajstić information content (AvgIpc) is 3.33. The smallest absolute Gasteiger partial charge is 0.259 e. The molecule has 1 aromatic heterocycles. The van der Waals surface area contributed by atoms with E-state index in [1.54, 1.807) is 0 Å². The van der Waals surface area contributed by atoms with Crippen LogP contribution in [0, 0.1) is 0 Å². The Balaban J connectivity index is 1.45. The summed E-state index contributed by atoms with van der Waals surface area (Å²) in [6, 6.07) is 46.8. The van der Waals surface area contributed by atoms with Crippen LogP contribution in [-0.2, 0) is 0 Å². The van der Waals surface area contributed by atoms with E-state index in [0.29, 0.717) is 0 Å². The molecule has 0 radical (unpaired) electrons. The number of anilines is 1. The lowest BCUT2D eigenvalue weighted by Gasteiger charge is -2.36. The summed E-state index contributed by atoms with van der Waals surface area (Å²) >= 11 is 0. The molecule has 7 aromatic rings. The molecular weight excluding hydrogens is 512 g/mol. The molecule has 0 saturated carbocycles. The van der Waals surface area contributed by atoms with Gasteiger partial charge in [-0.15, -0.1) is 0 Å². The normalized spacial score (nSPS) is 15.0. The lowest BCUT2D eigenvalue weighted by atomic mass is 9.82. The maximum absolute atomic E-state index is 14.5. The summed E-state index contributed by atoms with van der Waals surface area (Å²) in [5, 5.41) is 2.39. The lowest BCUT2D eigenvalue weighted by Crippen LogP contribution is -2.35. The van der Waals surface area contributed by atoms with Crippen LogP contribution in [0.5, 0.6) is 0 Å². The fourth-order valence-electron chi connectivity index (χ4n) is 7.28. The van der Waals surface area contributed by atoms with Gasteiger partial charge >= 0.3 is 0 Å². The van der Waals surface area contributed by atoms with Gasteiger partial charge in [0.05, 0.1) is 22.8 Å². The fraction of sp³-hybridized carbons (Fsp3) is 0.0513. The molecule has 0 saturated heterocycles. The Morgan fingerprint density at radius 3 is 1.95 bits per heavy atom. The van der Waals surface area contributed by atoms with Crippen molar-refractivity contribution in [2.75, 3.05) is 4.90 Å². The molecule has 2 bridgehead atoms. The standard InChI is InChI=1S/C39H26N2O/c1-24-38-33-20-26(25-12-4-2-5-13-25)21-34(38)32-22-31-29-17-10-11-19-35(29)41(27-14-6-3-7-15-27)37(31)23-36(32)40(24)39(42)30-18-9-8-16-28(30)33/h2-24H,1H3/t24-/m1/s1. The van der Waals surface area contributed by atoms with Crippen LogP contribution in [0.1, 0.15) is 28.9 Å². The first-order valence-electron chi connectivity index (χ1n) is 14.5. The van der Waals surface area contributed by atoms with E-state index in [4.69, 9.17) is 0 Å². The number of hydrogen-bond acceptors (Lipinski definition) is 1. The third kappa shape index (κ3) is 3.08. The largest absolute Gasteiger partial charge is 0.309 e. The Labute approximate surface area is 243 Å². The Kier molecular flexibility index (Phi) is 4.74. The van der Waals surface area contributed by atoms with Crippen molar-refractivity contribution in [2.45, 2.75) is 13.0 Å². The zero-order valence-corrected chi connectivity index (χ0v) is 23.1. The van der Waals surface area contributed by atoms with Crippen LogP contribution < -0.4 is 4.90 Å². The van der Waals surface area contributed by atoms with Gasteiger partial charge in [-0.05, 0) is 88.8 Å².